The average Bonchev–Trinajstić information content (AvgIpc) is 2.85. The van der Waals surface area contributed by atoms with Crippen molar-refractivity contribution in [3.05, 3.63) is 58.1 Å². The Kier molecular flexibility index (Phi) is 3.55. The highest BCUT2D eigenvalue weighted by Gasteiger charge is 2.08. The maximum atomic E-state index is 8.87. The molecule has 1 heterocycles. The second-order valence-corrected chi connectivity index (χ2v) is 5.60. The summed E-state index contributed by atoms with van der Waals surface area (Å²) in [5.74, 6) is 0. The van der Waals surface area contributed by atoms with E-state index in [1.807, 2.05) is 24.3 Å². The van der Waals surface area contributed by atoms with Gasteiger partial charge in [0.2, 0.25) is 0 Å². The van der Waals surface area contributed by atoms with Gasteiger partial charge in [-0.2, -0.15) is 5.26 Å². The average molecular weight is 300 g/mol. The number of nitrogens with zero attached hydrogens (tertiary/aromatic N) is 2. The van der Waals surface area contributed by atoms with Crippen LogP contribution < -0.4 is 5.32 Å². The molecule has 3 rings (SSSR count). The normalized spacial score (nSPS) is 10.4. The van der Waals surface area contributed by atoms with Crippen molar-refractivity contribution in [1.82, 2.24) is 4.98 Å². The fourth-order valence-electron chi connectivity index (χ4n) is 2.06. The van der Waals surface area contributed by atoms with E-state index in [9.17, 15) is 0 Å². The maximum Gasteiger partial charge on any atom is 0.185 e. The van der Waals surface area contributed by atoms with E-state index in [0.717, 1.165) is 0 Å². The van der Waals surface area contributed by atoms with Crippen molar-refractivity contribution < 1.29 is 0 Å². The van der Waals surface area contributed by atoms with Gasteiger partial charge in [0.05, 0.1) is 0 Å². The molecule has 0 aliphatic heterocycles. The molecular weight excluding hydrogens is 290 g/mol. The minimum absolute atomic E-state index is 0.262. The quantitative estimate of drug-likeness (QED) is 0.778. The Hall–Kier alpha value is -2.09. The van der Waals surface area contributed by atoms with Gasteiger partial charge < -0.3 is 5.32 Å². The van der Waals surface area contributed by atoms with E-state index in [1.54, 1.807) is 0 Å². The van der Waals surface area contributed by atoms with Crippen LogP contribution in [0.4, 0.5) is 5.13 Å². The lowest BCUT2D eigenvalue weighted by molar-refractivity contribution is 1.15. The molecule has 0 amide bonds. The highest BCUT2D eigenvalue weighted by atomic mass is 35.5. The second-order valence-electron chi connectivity index (χ2n) is 4.24. The fourth-order valence-corrected chi connectivity index (χ4v) is 3.01. The van der Waals surface area contributed by atoms with Crippen LogP contribution in [-0.4, -0.2) is 4.98 Å². The van der Waals surface area contributed by atoms with Gasteiger partial charge in [0.25, 0.3) is 0 Å². The maximum absolute atomic E-state index is 8.87. The number of rotatable bonds is 3. The van der Waals surface area contributed by atoms with Gasteiger partial charge in [0.15, 0.2) is 10.3 Å². The molecule has 98 valence electrons. The molecule has 0 aliphatic rings. The van der Waals surface area contributed by atoms with Crippen LogP contribution in [0.1, 0.15) is 10.4 Å². The third kappa shape index (κ3) is 2.46. The zero-order valence-electron chi connectivity index (χ0n) is 10.4. The SMILES string of the molecule is N#Cc1sc(NCc2cccc3ccccc23)nc1Cl. The molecule has 2 aromatic carbocycles. The smallest absolute Gasteiger partial charge is 0.185 e. The molecule has 3 nitrogen and oxygen atoms in total. The molecule has 20 heavy (non-hydrogen) atoms. The Balaban J connectivity index is 1.85. The summed E-state index contributed by atoms with van der Waals surface area (Å²) >= 11 is 7.13. The summed E-state index contributed by atoms with van der Waals surface area (Å²) in [4.78, 5) is 4.56. The predicted molar refractivity (Wildman–Crippen MR) is 83.1 cm³/mol. The number of hydrogen-bond acceptors (Lipinski definition) is 4. The van der Waals surface area contributed by atoms with Gasteiger partial charge in [-0.3, -0.25) is 0 Å². The van der Waals surface area contributed by atoms with E-state index >= 15 is 0 Å². The molecule has 0 fully saturated rings. The predicted octanol–water partition coefficient (Wildman–Crippen LogP) is 4.43. The Labute approximate surface area is 125 Å². The zero-order valence-corrected chi connectivity index (χ0v) is 12.0. The fraction of sp³-hybridized carbons (Fsp3) is 0.0667. The lowest BCUT2D eigenvalue weighted by Crippen LogP contribution is -1.99. The molecule has 0 atom stereocenters. The number of anilines is 1. The number of benzene rings is 2. The largest absolute Gasteiger partial charge is 0.357 e. The number of halogens is 1. The molecule has 0 spiro atoms. The molecule has 3 aromatic rings. The van der Waals surface area contributed by atoms with E-state index in [-0.39, 0.29) is 5.15 Å². The Morgan fingerprint density at radius 1 is 1.20 bits per heavy atom. The Morgan fingerprint density at radius 3 is 2.80 bits per heavy atom. The number of aromatic nitrogens is 1. The summed E-state index contributed by atoms with van der Waals surface area (Å²) in [5, 5.41) is 15.4. The summed E-state index contributed by atoms with van der Waals surface area (Å²) in [7, 11) is 0. The standard InChI is InChI=1S/C15H10ClN3S/c16-14-13(8-17)20-15(19-14)18-9-11-6-3-5-10-4-1-2-7-12(10)11/h1-7H,9H2,(H,18,19). The minimum atomic E-state index is 0.262. The van der Waals surface area contributed by atoms with Crippen molar-refractivity contribution in [2.75, 3.05) is 5.32 Å². The van der Waals surface area contributed by atoms with Gasteiger partial charge >= 0.3 is 0 Å². The number of fused-ring (bicyclic) bond motifs is 1. The molecule has 1 N–H and O–H groups in total. The van der Waals surface area contributed by atoms with Crippen LogP contribution in [0.3, 0.4) is 0 Å². The number of nitrogens with one attached hydrogen (secondary N) is 1. The topological polar surface area (TPSA) is 48.7 Å². The van der Waals surface area contributed by atoms with Gasteiger partial charge in [0.1, 0.15) is 10.9 Å². The first kappa shape index (κ1) is 12.9. The van der Waals surface area contributed by atoms with Crippen molar-refractivity contribution in [3.8, 4) is 6.07 Å². The molecule has 0 bridgehead atoms. The monoisotopic (exact) mass is 299 g/mol. The van der Waals surface area contributed by atoms with E-state index in [1.165, 1.54) is 27.7 Å². The summed E-state index contributed by atoms with van der Waals surface area (Å²) in [5.41, 5.74) is 1.19. The lowest BCUT2D eigenvalue weighted by Gasteiger charge is -2.07. The summed E-state index contributed by atoms with van der Waals surface area (Å²) in [6.07, 6.45) is 0. The second kappa shape index (κ2) is 5.49. The van der Waals surface area contributed by atoms with Gasteiger partial charge in [-0.05, 0) is 16.3 Å². The third-order valence-corrected chi connectivity index (χ3v) is 4.30. The zero-order chi connectivity index (χ0) is 13.9. The van der Waals surface area contributed by atoms with Crippen LogP contribution >= 0.6 is 22.9 Å². The Bertz CT molecular complexity index is 799. The van der Waals surface area contributed by atoms with E-state index in [0.29, 0.717) is 16.6 Å². The van der Waals surface area contributed by atoms with Gasteiger partial charge in [-0.25, -0.2) is 4.98 Å². The molecule has 0 saturated heterocycles. The number of hydrogen-bond donors (Lipinski definition) is 1. The van der Waals surface area contributed by atoms with E-state index in [2.05, 4.69) is 34.6 Å². The van der Waals surface area contributed by atoms with Crippen LogP contribution in [0.5, 0.6) is 0 Å². The van der Waals surface area contributed by atoms with E-state index < -0.39 is 0 Å². The van der Waals surface area contributed by atoms with Crippen molar-refractivity contribution in [1.29, 1.82) is 5.26 Å². The van der Waals surface area contributed by atoms with Crippen molar-refractivity contribution >= 4 is 38.8 Å². The highest BCUT2D eigenvalue weighted by molar-refractivity contribution is 7.16. The highest BCUT2D eigenvalue weighted by Crippen LogP contribution is 2.27. The third-order valence-electron chi connectivity index (χ3n) is 3.00. The van der Waals surface area contributed by atoms with Gasteiger partial charge in [-0.1, -0.05) is 65.4 Å². The number of thiazole rings is 1. The molecule has 0 unspecified atom stereocenters. The first-order valence-electron chi connectivity index (χ1n) is 6.05. The minimum Gasteiger partial charge on any atom is -0.357 e. The molecule has 5 heteroatoms. The van der Waals surface area contributed by atoms with E-state index in [4.69, 9.17) is 16.9 Å². The van der Waals surface area contributed by atoms with Crippen molar-refractivity contribution in [2.45, 2.75) is 6.54 Å². The van der Waals surface area contributed by atoms with Crippen LogP contribution in [-0.2, 0) is 6.54 Å². The first-order valence-corrected chi connectivity index (χ1v) is 7.24. The van der Waals surface area contributed by atoms with Crippen LogP contribution in [0.25, 0.3) is 10.8 Å². The summed E-state index contributed by atoms with van der Waals surface area (Å²) < 4.78 is 0. The van der Waals surface area contributed by atoms with Crippen molar-refractivity contribution in [3.63, 3.8) is 0 Å². The molecular formula is C15H10ClN3S. The Morgan fingerprint density at radius 2 is 2.00 bits per heavy atom. The molecule has 0 saturated carbocycles. The molecule has 0 radical (unpaired) electrons. The molecule has 0 aliphatic carbocycles. The number of nitriles is 1. The lowest BCUT2D eigenvalue weighted by atomic mass is 10.0. The van der Waals surface area contributed by atoms with Gasteiger partial charge in [0, 0.05) is 6.54 Å². The van der Waals surface area contributed by atoms with Crippen LogP contribution in [0, 0.1) is 11.3 Å². The van der Waals surface area contributed by atoms with Crippen molar-refractivity contribution in [2.24, 2.45) is 0 Å². The van der Waals surface area contributed by atoms with Gasteiger partial charge in [-0.15, -0.1) is 0 Å². The summed E-state index contributed by atoms with van der Waals surface area (Å²) in [6, 6.07) is 16.5. The van der Waals surface area contributed by atoms with Crippen LogP contribution in [0.2, 0.25) is 5.15 Å². The molecule has 1 aromatic heterocycles. The first-order chi connectivity index (χ1) is 9.78. The van der Waals surface area contributed by atoms with Crippen LogP contribution in [0.15, 0.2) is 42.5 Å². The summed E-state index contributed by atoms with van der Waals surface area (Å²) in [6.45, 7) is 0.649.